The first-order valence-corrected chi connectivity index (χ1v) is 16.8. The van der Waals surface area contributed by atoms with Gasteiger partial charge in [-0.15, -0.1) is 0 Å². The maximum Gasteiger partial charge on any atom is 0.0462 e. The van der Waals surface area contributed by atoms with E-state index in [0.717, 1.165) is 17.1 Å². The van der Waals surface area contributed by atoms with Crippen LogP contribution >= 0.6 is 0 Å². The molecule has 0 atom stereocenters. The third-order valence-electron chi connectivity index (χ3n) is 9.65. The van der Waals surface area contributed by atoms with Crippen molar-refractivity contribution in [3.8, 4) is 33.4 Å². The fourth-order valence-corrected chi connectivity index (χ4v) is 7.12. The lowest BCUT2D eigenvalue weighted by molar-refractivity contribution is 1.28. The lowest BCUT2D eigenvalue weighted by Crippen LogP contribution is -2.09. The second kappa shape index (κ2) is 12.3. The van der Waals surface area contributed by atoms with E-state index < -0.39 is 0 Å². The van der Waals surface area contributed by atoms with Gasteiger partial charge in [-0.05, 0) is 108 Å². The van der Waals surface area contributed by atoms with Gasteiger partial charge in [-0.25, -0.2) is 0 Å². The normalized spacial score (nSPS) is 11.3. The van der Waals surface area contributed by atoms with E-state index in [0.29, 0.717) is 0 Å². The molecule has 0 spiro atoms. The highest BCUT2D eigenvalue weighted by atomic mass is 15.1. The van der Waals surface area contributed by atoms with E-state index in [1.807, 2.05) is 0 Å². The summed E-state index contributed by atoms with van der Waals surface area (Å²) in [7, 11) is 0. The second-order valence-corrected chi connectivity index (χ2v) is 12.6. The van der Waals surface area contributed by atoms with Crippen LogP contribution in [0.15, 0.2) is 200 Å². The molecule has 0 aromatic heterocycles. The molecule has 9 aromatic carbocycles. The third-order valence-corrected chi connectivity index (χ3v) is 9.65. The van der Waals surface area contributed by atoms with Crippen LogP contribution in [0.5, 0.6) is 0 Å². The maximum atomic E-state index is 2.36. The Labute approximate surface area is 287 Å². The van der Waals surface area contributed by atoms with Crippen LogP contribution in [-0.2, 0) is 0 Å². The summed E-state index contributed by atoms with van der Waals surface area (Å²) >= 11 is 0. The van der Waals surface area contributed by atoms with Gasteiger partial charge in [0.2, 0.25) is 0 Å². The zero-order valence-electron chi connectivity index (χ0n) is 27.0. The predicted molar refractivity (Wildman–Crippen MR) is 210 cm³/mol. The molecule has 0 aliphatic rings. The van der Waals surface area contributed by atoms with Crippen LogP contribution in [0.4, 0.5) is 17.1 Å². The summed E-state index contributed by atoms with van der Waals surface area (Å²) in [5.41, 5.74) is 10.6. The summed E-state index contributed by atoms with van der Waals surface area (Å²) in [5, 5.41) is 7.70. The molecule has 0 saturated carbocycles. The molecule has 1 nitrogen and oxygen atoms in total. The summed E-state index contributed by atoms with van der Waals surface area (Å²) in [5.74, 6) is 0. The molecule has 0 radical (unpaired) electrons. The molecule has 0 heterocycles. The van der Waals surface area contributed by atoms with Gasteiger partial charge in [0.05, 0.1) is 0 Å². The van der Waals surface area contributed by atoms with E-state index >= 15 is 0 Å². The van der Waals surface area contributed by atoms with Crippen molar-refractivity contribution in [1.82, 2.24) is 0 Å². The summed E-state index contributed by atoms with van der Waals surface area (Å²) in [6, 6.07) is 72.4. The van der Waals surface area contributed by atoms with Gasteiger partial charge in [-0.2, -0.15) is 0 Å². The lowest BCUT2D eigenvalue weighted by atomic mass is 9.94. The first-order valence-electron chi connectivity index (χ1n) is 16.8. The molecule has 0 bridgehead atoms. The Morgan fingerprint density at radius 3 is 1.14 bits per heavy atom. The van der Waals surface area contributed by atoms with E-state index in [1.165, 1.54) is 65.7 Å². The second-order valence-electron chi connectivity index (χ2n) is 12.6. The van der Waals surface area contributed by atoms with Crippen LogP contribution in [0.1, 0.15) is 0 Å². The fourth-order valence-electron chi connectivity index (χ4n) is 7.12. The Morgan fingerprint density at radius 1 is 0.245 bits per heavy atom. The smallest absolute Gasteiger partial charge is 0.0462 e. The van der Waals surface area contributed by atoms with Gasteiger partial charge in [-0.3, -0.25) is 0 Å². The highest BCUT2D eigenvalue weighted by molar-refractivity contribution is 6.20. The van der Waals surface area contributed by atoms with Crippen molar-refractivity contribution in [2.24, 2.45) is 0 Å². The van der Waals surface area contributed by atoms with Gasteiger partial charge in [0.1, 0.15) is 0 Å². The summed E-state index contributed by atoms with van der Waals surface area (Å²) in [4.78, 5) is 2.34. The Morgan fingerprint density at radius 2 is 0.612 bits per heavy atom. The first-order chi connectivity index (χ1) is 24.3. The molecule has 1 heteroatoms. The van der Waals surface area contributed by atoms with Gasteiger partial charge in [0.25, 0.3) is 0 Å². The zero-order valence-corrected chi connectivity index (χ0v) is 27.0. The maximum absolute atomic E-state index is 2.36. The van der Waals surface area contributed by atoms with Gasteiger partial charge in [0, 0.05) is 17.1 Å². The Hall–Kier alpha value is -6.44. The van der Waals surface area contributed by atoms with E-state index in [-0.39, 0.29) is 0 Å². The van der Waals surface area contributed by atoms with E-state index in [4.69, 9.17) is 0 Å². The van der Waals surface area contributed by atoms with Crippen molar-refractivity contribution < 1.29 is 0 Å². The van der Waals surface area contributed by atoms with Crippen LogP contribution in [0, 0.1) is 0 Å². The standard InChI is InChI=1S/C48H33N/c1-3-9-34(10-4-1)36-21-27-43(28-22-36)49(44-29-23-37(24-30-44)35-11-5-2-6-12-35)45-31-25-38(26-32-45)42-20-17-40-16-19-41-18-15-39-13-7-8-14-46(39)48(41)47(40)33-42/h1-33H. The van der Waals surface area contributed by atoms with Crippen LogP contribution in [0.2, 0.25) is 0 Å². The SMILES string of the molecule is c1ccc(-c2ccc(N(c3ccc(-c4ccccc4)cc3)c3ccc(-c4ccc5ccc6ccc7ccccc7c6c5c4)cc3)cc2)cc1. The minimum atomic E-state index is 1.11. The fraction of sp³-hybridized carbons (Fsp3) is 0. The average Bonchev–Trinajstić information content (AvgIpc) is 3.19. The number of hydrogen-bond donors (Lipinski definition) is 0. The van der Waals surface area contributed by atoms with Crippen LogP contribution in [0.25, 0.3) is 65.7 Å². The number of nitrogens with zero attached hydrogens (tertiary/aromatic N) is 1. The molecule has 0 fully saturated rings. The van der Waals surface area contributed by atoms with Crippen molar-refractivity contribution in [2.75, 3.05) is 4.90 Å². The highest BCUT2D eigenvalue weighted by Gasteiger charge is 2.14. The van der Waals surface area contributed by atoms with E-state index in [2.05, 4.69) is 205 Å². The number of fused-ring (bicyclic) bond motifs is 5. The molecule has 0 N–H and O–H groups in total. The molecular formula is C48H33N. The number of rotatable bonds is 6. The molecule has 0 aliphatic carbocycles. The van der Waals surface area contributed by atoms with Gasteiger partial charge >= 0.3 is 0 Å². The number of benzene rings is 9. The van der Waals surface area contributed by atoms with Crippen molar-refractivity contribution in [3.63, 3.8) is 0 Å². The molecule has 0 amide bonds. The minimum Gasteiger partial charge on any atom is -0.311 e. The molecule has 0 aliphatic heterocycles. The Kier molecular flexibility index (Phi) is 7.22. The largest absolute Gasteiger partial charge is 0.311 e. The molecule has 9 rings (SSSR count). The topological polar surface area (TPSA) is 3.24 Å². The van der Waals surface area contributed by atoms with Crippen LogP contribution in [-0.4, -0.2) is 0 Å². The molecule has 0 saturated heterocycles. The van der Waals surface area contributed by atoms with Gasteiger partial charge in [-0.1, -0.05) is 158 Å². The highest BCUT2D eigenvalue weighted by Crippen LogP contribution is 2.39. The monoisotopic (exact) mass is 623 g/mol. The quantitative estimate of drug-likeness (QED) is 0.167. The van der Waals surface area contributed by atoms with Crippen molar-refractivity contribution in [2.45, 2.75) is 0 Å². The summed E-state index contributed by atoms with van der Waals surface area (Å²) in [6.45, 7) is 0. The Balaban J connectivity index is 1.12. The van der Waals surface area contributed by atoms with Crippen LogP contribution < -0.4 is 4.90 Å². The molecule has 49 heavy (non-hydrogen) atoms. The number of hydrogen-bond acceptors (Lipinski definition) is 1. The summed E-state index contributed by atoms with van der Waals surface area (Å²) < 4.78 is 0. The van der Waals surface area contributed by atoms with Gasteiger partial charge in [0.15, 0.2) is 0 Å². The predicted octanol–water partition coefficient (Wildman–Crippen LogP) is 13.6. The average molecular weight is 624 g/mol. The zero-order chi connectivity index (χ0) is 32.6. The molecule has 0 unspecified atom stereocenters. The number of anilines is 3. The molecule has 230 valence electrons. The molecular weight excluding hydrogens is 591 g/mol. The summed E-state index contributed by atoms with van der Waals surface area (Å²) in [6.07, 6.45) is 0. The van der Waals surface area contributed by atoms with E-state index in [1.54, 1.807) is 0 Å². The molecule has 9 aromatic rings. The van der Waals surface area contributed by atoms with Crippen LogP contribution in [0.3, 0.4) is 0 Å². The minimum absolute atomic E-state index is 1.11. The van der Waals surface area contributed by atoms with Crippen molar-refractivity contribution >= 4 is 49.4 Å². The van der Waals surface area contributed by atoms with Gasteiger partial charge < -0.3 is 4.90 Å². The lowest BCUT2D eigenvalue weighted by Gasteiger charge is -2.26. The van der Waals surface area contributed by atoms with E-state index in [9.17, 15) is 0 Å². The van der Waals surface area contributed by atoms with Crippen molar-refractivity contribution in [1.29, 1.82) is 0 Å². The first kappa shape index (κ1) is 28.8. The Bertz CT molecular complexity index is 2460. The van der Waals surface area contributed by atoms with Crippen molar-refractivity contribution in [3.05, 3.63) is 200 Å². The third kappa shape index (κ3) is 5.42.